The van der Waals surface area contributed by atoms with Gasteiger partial charge in [-0.05, 0) is 12.5 Å². The third kappa shape index (κ3) is 4.42. The van der Waals surface area contributed by atoms with E-state index in [1.54, 1.807) is 12.1 Å². The van der Waals surface area contributed by atoms with Crippen LogP contribution >= 0.6 is 23.7 Å². The van der Waals surface area contributed by atoms with Gasteiger partial charge >= 0.3 is 0 Å². The summed E-state index contributed by atoms with van der Waals surface area (Å²) < 4.78 is 24.7. The number of aryl methyl sites for hydroxylation is 1. The van der Waals surface area contributed by atoms with Gasteiger partial charge in [0.2, 0.25) is 11.0 Å². The predicted octanol–water partition coefficient (Wildman–Crippen LogP) is 2.84. The highest BCUT2D eigenvalue weighted by Gasteiger charge is 2.19. The van der Waals surface area contributed by atoms with Gasteiger partial charge in [0.1, 0.15) is 6.04 Å². The summed E-state index contributed by atoms with van der Waals surface area (Å²) in [5, 5.41) is 8.69. The van der Waals surface area contributed by atoms with Gasteiger partial charge in [0.25, 0.3) is 6.43 Å². The van der Waals surface area contributed by atoms with Crippen molar-refractivity contribution in [3.63, 3.8) is 0 Å². The molecule has 0 saturated carbocycles. The van der Waals surface area contributed by atoms with Crippen LogP contribution in [-0.4, -0.2) is 16.1 Å². The van der Waals surface area contributed by atoms with Gasteiger partial charge in [0.05, 0.1) is 0 Å². The molecule has 0 fully saturated rings. The van der Waals surface area contributed by atoms with Crippen molar-refractivity contribution < 1.29 is 13.6 Å². The highest BCUT2D eigenvalue weighted by Crippen LogP contribution is 2.25. The van der Waals surface area contributed by atoms with Crippen LogP contribution in [0.25, 0.3) is 0 Å². The summed E-state index contributed by atoms with van der Waals surface area (Å²) in [5.74, 6) is -0.522. The zero-order chi connectivity index (χ0) is 14.7. The fourth-order valence-electron chi connectivity index (χ4n) is 1.48. The molecule has 9 heteroatoms. The molecule has 3 N–H and O–H groups in total. The van der Waals surface area contributed by atoms with E-state index in [-0.39, 0.29) is 17.5 Å². The zero-order valence-corrected chi connectivity index (χ0v) is 12.5. The number of hydrogen-bond acceptors (Lipinski definition) is 5. The Morgan fingerprint density at radius 1 is 1.29 bits per heavy atom. The summed E-state index contributed by atoms with van der Waals surface area (Å²) in [6.45, 7) is 1.92. The second-order valence-electron chi connectivity index (χ2n) is 4.12. The first-order chi connectivity index (χ1) is 9.47. The van der Waals surface area contributed by atoms with E-state index in [0.717, 1.165) is 5.56 Å². The van der Waals surface area contributed by atoms with Crippen LogP contribution in [-0.2, 0) is 4.79 Å². The van der Waals surface area contributed by atoms with Gasteiger partial charge in [-0.1, -0.05) is 41.2 Å². The number of halogens is 3. The molecule has 5 nitrogen and oxygen atoms in total. The Hall–Kier alpha value is -1.64. The Morgan fingerprint density at radius 3 is 2.43 bits per heavy atom. The summed E-state index contributed by atoms with van der Waals surface area (Å²) in [7, 11) is 0. The van der Waals surface area contributed by atoms with Gasteiger partial charge in [0, 0.05) is 0 Å². The number of amides is 1. The molecule has 1 unspecified atom stereocenters. The van der Waals surface area contributed by atoms with E-state index in [2.05, 4.69) is 15.5 Å². The van der Waals surface area contributed by atoms with Gasteiger partial charge in [0.15, 0.2) is 5.01 Å². The lowest BCUT2D eigenvalue weighted by Gasteiger charge is -2.10. The first-order valence-corrected chi connectivity index (χ1v) is 6.53. The lowest BCUT2D eigenvalue weighted by Crippen LogP contribution is -2.27. The fraction of sp³-hybridized carbons (Fsp3) is 0.250. The van der Waals surface area contributed by atoms with Crippen LogP contribution < -0.4 is 11.1 Å². The Bertz CT molecular complexity index is 606. The highest BCUT2D eigenvalue weighted by atomic mass is 35.5. The topological polar surface area (TPSA) is 80.9 Å². The summed E-state index contributed by atoms with van der Waals surface area (Å²) in [4.78, 5) is 11.9. The van der Waals surface area contributed by atoms with Crippen molar-refractivity contribution >= 4 is 34.8 Å². The smallest absolute Gasteiger partial charge is 0.291 e. The van der Waals surface area contributed by atoms with Crippen LogP contribution in [0.4, 0.5) is 13.9 Å². The number of alkyl halides is 2. The van der Waals surface area contributed by atoms with Gasteiger partial charge in [-0.25, -0.2) is 8.78 Å². The van der Waals surface area contributed by atoms with Crippen LogP contribution in [0.5, 0.6) is 0 Å². The minimum atomic E-state index is -2.70. The molecule has 21 heavy (non-hydrogen) atoms. The van der Waals surface area contributed by atoms with E-state index in [4.69, 9.17) is 5.73 Å². The maximum Gasteiger partial charge on any atom is 0.291 e. The molecule has 1 amide bonds. The normalized spacial score (nSPS) is 11.9. The molecule has 0 bridgehead atoms. The molecule has 1 heterocycles. The van der Waals surface area contributed by atoms with E-state index in [1.165, 1.54) is 0 Å². The van der Waals surface area contributed by atoms with Crippen LogP contribution in [0, 0.1) is 6.92 Å². The lowest BCUT2D eigenvalue weighted by atomic mass is 10.1. The van der Waals surface area contributed by atoms with Crippen LogP contribution in [0.2, 0.25) is 0 Å². The Labute approximate surface area is 130 Å². The Kier molecular flexibility index (Phi) is 6.13. The quantitative estimate of drug-likeness (QED) is 0.901. The number of carbonyl (C=O) groups is 1. The first kappa shape index (κ1) is 17.4. The molecule has 1 aromatic carbocycles. The minimum Gasteiger partial charge on any atom is -0.316 e. The third-order valence-corrected chi connectivity index (χ3v) is 3.42. The molecule has 114 valence electrons. The average molecular weight is 335 g/mol. The largest absolute Gasteiger partial charge is 0.316 e. The van der Waals surface area contributed by atoms with E-state index in [1.807, 2.05) is 19.1 Å². The standard InChI is InChI=1S/C12H12F2N4OS.ClH/c1-6-2-4-7(5-3-6)8(15)10(19)16-12-18-17-11(20-12)9(13)14;/h2-5,8-9H,15H2,1H3,(H,16,18,19);1H. The van der Waals surface area contributed by atoms with Gasteiger partial charge in [-0.3, -0.25) is 10.1 Å². The maximum atomic E-state index is 12.3. The Balaban J connectivity index is 0.00000220. The summed E-state index contributed by atoms with van der Waals surface area (Å²) in [5.41, 5.74) is 7.48. The van der Waals surface area contributed by atoms with E-state index in [0.29, 0.717) is 16.9 Å². The van der Waals surface area contributed by atoms with Crippen molar-refractivity contribution in [3.05, 3.63) is 40.4 Å². The molecular weight excluding hydrogens is 322 g/mol. The summed E-state index contributed by atoms with van der Waals surface area (Å²) in [6.07, 6.45) is -2.70. The molecule has 0 radical (unpaired) electrons. The van der Waals surface area contributed by atoms with E-state index < -0.39 is 23.4 Å². The molecule has 0 saturated heterocycles. The van der Waals surface area contributed by atoms with Crippen molar-refractivity contribution in [3.8, 4) is 0 Å². The number of benzene rings is 1. The molecule has 2 aromatic rings. The Morgan fingerprint density at radius 2 is 1.90 bits per heavy atom. The molecular formula is C12H13ClF2N4OS. The number of anilines is 1. The molecule has 0 aliphatic heterocycles. The van der Waals surface area contributed by atoms with Crippen molar-refractivity contribution in [2.45, 2.75) is 19.4 Å². The first-order valence-electron chi connectivity index (χ1n) is 5.72. The monoisotopic (exact) mass is 334 g/mol. The van der Waals surface area contributed by atoms with Gasteiger partial charge < -0.3 is 5.73 Å². The van der Waals surface area contributed by atoms with Gasteiger partial charge in [-0.2, -0.15) is 0 Å². The molecule has 0 aliphatic carbocycles. The van der Waals surface area contributed by atoms with Crippen molar-refractivity contribution in [1.82, 2.24) is 10.2 Å². The van der Waals surface area contributed by atoms with Gasteiger partial charge in [-0.15, -0.1) is 22.6 Å². The number of hydrogen-bond donors (Lipinski definition) is 2. The third-order valence-electron chi connectivity index (χ3n) is 2.58. The summed E-state index contributed by atoms with van der Waals surface area (Å²) in [6, 6.07) is 6.26. The van der Waals surface area contributed by atoms with E-state index >= 15 is 0 Å². The summed E-state index contributed by atoms with van der Waals surface area (Å²) >= 11 is 0.625. The van der Waals surface area contributed by atoms with Crippen LogP contribution in [0.3, 0.4) is 0 Å². The van der Waals surface area contributed by atoms with Crippen molar-refractivity contribution in [2.75, 3.05) is 5.32 Å². The fourth-order valence-corrected chi connectivity index (χ4v) is 2.08. The number of rotatable bonds is 4. The molecule has 2 rings (SSSR count). The second-order valence-corrected chi connectivity index (χ2v) is 5.13. The van der Waals surface area contributed by atoms with Crippen molar-refractivity contribution in [1.29, 1.82) is 0 Å². The molecule has 0 spiro atoms. The zero-order valence-electron chi connectivity index (χ0n) is 10.9. The average Bonchev–Trinajstić information content (AvgIpc) is 2.87. The van der Waals surface area contributed by atoms with Crippen LogP contribution in [0.1, 0.15) is 28.6 Å². The number of nitrogens with two attached hydrogens (primary N) is 1. The number of nitrogens with one attached hydrogen (secondary N) is 1. The highest BCUT2D eigenvalue weighted by molar-refractivity contribution is 7.15. The molecule has 1 atom stereocenters. The van der Waals surface area contributed by atoms with E-state index in [9.17, 15) is 13.6 Å². The van der Waals surface area contributed by atoms with Crippen LogP contribution in [0.15, 0.2) is 24.3 Å². The maximum absolute atomic E-state index is 12.3. The molecule has 0 aliphatic rings. The van der Waals surface area contributed by atoms with Crippen molar-refractivity contribution in [2.24, 2.45) is 5.73 Å². The predicted molar refractivity (Wildman–Crippen MR) is 78.9 cm³/mol. The number of nitrogens with zero attached hydrogens (tertiary/aromatic N) is 2. The SMILES string of the molecule is Cc1ccc(C(N)C(=O)Nc2nnc(C(F)F)s2)cc1.Cl. The minimum absolute atomic E-state index is 0. The number of carbonyl (C=O) groups excluding carboxylic acids is 1. The number of aromatic nitrogens is 2. The lowest BCUT2D eigenvalue weighted by molar-refractivity contribution is -0.117. The second kappa shape index (κ2) is 7.39. The molecule has 1 aromatic heterocycles.